The fraction of sp³-hybridized carbons (Fsp3) is 0.692. The minimum absolute atomic E-state index is 0.0110. The van der Waals surface area contributed by atoms with Gasteiger partial charge in [0.1, 0.15) is 11.6 Å². The molecule has 4 aliphatic rings. The summed E-state index contributed by atoms with van der Waals surface area (Å²) in [5.41, 5.74) is 1.07. The van der Waals surface area contributed by atoms with E-state index in [1.807, 2.05) is 0 Å². The van der Waals surface area contributed by atoms with Crippen LogP contribution in [-0.4, -0.2) is 29.9 Å². The number of benzene rings is 1. The van der Waals surface area contributed by atoms with Crippen molar-refractivity contribution in [2.24, 2.45) is 23.2 Å². The molecule has 2 amide bonds. The van der Waals surface area contributed by atoms with Crippen LogP contribution in [0.2, 0.25) is 0 Å². The Morgan fingerprint density at radius 2 is 1.90 bits per heavy atom. The number of hydrogen-bond acceptors (Lipinski definition) is 3. The van der Waals surface area contributed by atoms with Crippen LogP contribution < -0.4 is 4.74 Å². The zero-order valence-electron chi connectivity index (χ0n) is 18.8. The van der Waals surface area contributed by atoms with Crippen LogP contribution in [0, 0.1) is 29.0 Å². The minimum Gasteiger partial charge on any atom is -0.493 e. The first kappa shape index (κ1) is 21.0. The molecule has 5 rings (SSSR count). The number of ether oxygens (including phenoxy) is 1. The fourth-order valence-corrected chi connectivity index (χ4v) is 6.66. The number of carbonyl (C=O) groups is 2. The number of halogens is 1. The molecule has 1 aromatic carbocycles. The van der Waals surface area contributed by atoms with Crippen LogP contribution in [0.15, 0.2) is 12.1 Å². The Balaban J connectivity index is 1.34. The van der Waals surface area contributed by atoms with Crippen molar-refractivity contribution in [1.29, 1.82) is 0 Å². The molecule has 2 unspecified atom stereocenters. The normalized spacial score (nSPS) is 32.9. The summed E-state index contributed by atoms with van der Waals surface area (Å²) in [5, 5.41) is 0. The van der Waals surface area contributed by atoms with Crippen molar-refractivity contribution in [3.8, 4) is 5.75 Å². The molecule has 31 heavy (non-hydrogen) atoms. The van der Waals surface area contributed by atoms with Crippen molar-refractivity contribution >= 4 is 11.8 Å². The van der Waals surface area contributed by atoms with Gasteiger partial charge < -0.3 is 4.74 Å². The monoisotopic (exact) mass is 427 g/mol. The third-order valence-corrected chi connectivity index (χ3v) is 7.94. The molecule has 168 valence electrons. The maximum atomic E-state index is 15.0. The van der Waals surface area contributed by atoms with E-state index in [9.17, 15) is 14.0 Å². The number of fused-ring (bicyclic) bond motifs is 2. The Hall–Kier alpha value is -1.91. The van der Waals surface area contributed by atoms with Crippen LogP contribution in [0.4, 0.5) is 4.39 Å². The summed E-state index contributed by atoms with van der Waals surface area (Å²) in [5.74, 6) is 2.03. The quantitative estimate of drug-likeness (QED) is 0.567. The van der Waals surface area contributed by atoms with Gasteiger partial charge in [-0.15, -0.1) is 0 Å². The summed E-state index contributed by atoms with van der Waals surface area (Å²) in [6.07, 6.45) is 9.46. The molecule has 0 radical (unpaired) electrons. The molecule has 1 aliphatic heterocycles. The summed E-state index contributed by atoms with van der Waals surface area (Å²) in [4.78, 5) is 26.0. The predicted molar refractivity (Wildman–Crippen MR) is 116 cm³/mol. The Morgan fingerprint density at radius 1 is 1.19 bits per heavy atom. The number of nitrogens with zero attached hydrogens (tertiary/aromatic N) is 1. The molecule has 5 heteroatoms. The Morgan fingerprint density at radius 3 is 2.52 bits per heavy atom. The molecule has 0 N–H and O–H groups in total. The highest BCUT2D eigenvalue weighted by atomic mass is 19.1. The van der Waals surface area contributed by atoms with Gasteiger partial charge in [-0.05, 0) is 86.7 Å². The highest BCUT2D eigenvalue weighted by molar-refractivity contribution is 6.05. The first-order valence-electron chi connectivity index (χ1n) is 12.1. The summed E-state index contributed by atoms with van der Waals surface area (Å²) >= 11 is 0. The van der Waals surface area contributed by atoms with E-state index in [1.54, 1.807) is 6.07 Å². The largest absolute Gasteiger partial charge is 0.493 e. The first-order valence-corrected chi connectivity index (χ1v) is 12.1. The second-order valence-corrected chi connectivity index (χ2v) is 11.2. The molecule has 1 aromatic rings. The van der Waals surface area contributed by atoms with Crippen LogP contribution in [0.1, 0.15) is 93.5 Å². The molecule has 0 aromatic heterocycles. The second kappa shape index (κ2) is 7.90. The number of hydrogen-bond donors (Lipinski definition) is 0. The fourth-order valence-electron chi connectivity index (χ4n) is 6.66. The van der Waals surface area contributed by atoms with E-state index < -0.39 is 11.7 Å². The maximum Gasteiger partial charge on any atom is 0.263 e. The van der Waals surface area contributed by atoms with Gasteiger partial charge >= 0.3 is 0 Å². The molecule has 1 heterocycles. The third kappa shape index (κ3) is 4.25. The third-order valence-electron chi connectivity index (χ3n) is 7.94. The van der Waals surface area contributed by atoms with Crippen LogP contribution in [0.3, 0.4) is 0 Å². The van der Waals surface area contributed by atoms with E-state index >= 15 is 0 Å². The van der Waals surface area contributed by atoms with Gasteiger partial charge in [-0.3, -0.25) is 14.5 Å². The van der Waals surface area contributed by atoms with E-state index in [0.717, 1.165) is 36.2 Å². The lowest BCUT2D eigenvalue weighted by molar-refractivity contribution is -0.125. The van der Waals surface area contributed by atoms with Crippen molar-refractivity contribution in [3.63, 3.8) is 0 Å². The van der Waals surface area contributed by atoms with E-state index in [1.165, 1.54) is 43.1 Å². The van der Waals surface area contributed by atoms with E-state index in [-0.39, 0.29) is 16.9 Å². The lowest BCUT2D eigenvalue weighted by atomic mass is 9.60. The Labute approximate surface area is 184 Å². The van der Waals surface area contributed by atoms with Crippen molar-refractivity contribution in [2.75, 3.05) is 13.2 Å². The predicted octanol–water partition coefficient (Wildman–Crippen LogP) is 5.70. The Bertz CT molecular complexity index is 875. The Kier molecular flexibility index (Phi) is 5.34. The van der Waals surface area contributed by atoms with Crippen LogP contribution in [-0.2, 0) is 4.79 Å². The maximum absolute atomic E-state index is 15.0. The molecule has 1 saturated heterocycles. The van der Waals surface area contributed by atoms with Crippen molar-refractivity contribution in [1.82, 2.24) is 4.90 Å². The molecular formula is C26H34FNO3. The van der Waals surface area contributed by atoms with Crippen LogP contribution in [0.5, 0.6) is 5.75 Å². The highest BCUT2D eigenvalue weighted by Crippen LogP contribution is 2.51. The second-order valence-electron chi connectivity index (χ2n) is 11.2. The van der Waals surface area contributed by atoms with Crippen LogP contribution in [0.25, 0.3) is 0 Å². The zero-order valence-corrected chi connectivity index (χ0v) is 18.8. The van der Waals surface area contributed by atoms with E-state index in [0.29, 0.717) is 37.7 Å². The van der Waals surface area contributed by atoms with Crippen molar-refractivity contribution < 1.29 is 18.7 Å². The summed E-state index contributed by atoms with van der Waals surface area (Å²) in [6.45, 7) is 5.69. The molecule has 3 aliphatic carbocycles. The first-order chi connectivity index (χ1) is 14.8. The van der Waals surface area contributed by atoms with Gasteiger partial charge in [-0.2, -0.15) is 0 Å². The topological polar surface area (TPSA) is 46.6 Å². The van der Waals surface area contributed by atoms with Gasteiger partial charge in [0, 0.05) is 24.4 Å². The van der Waals surface area contributed by atoms with Gasteiger partial charge in [-0.25, -0.2) is 4.39 Å². The van der Waals surface area contributed by atoms with Gasteiger partial charge in [0.15, 0.2) is 0 Å². The van der Waals surface area contributed by atoms with Crippen molar-refractivity contribution in [3.05, 3.63) is 29.1 Å². The average molecular weight is 428 g/mol. The molecule has 3 saturated carbocycles. The summed E-state index contributed by atoms with van der Waals surface area (Å²) in [7, 11) is 0. The zero-order chi connectivity index (χ0) is 21.8. The summed E-state index contributed by atoms with van der Waals surface area (Å²) < 4.78 is 21.3. The van der Waals surface area contributed by atoms with E-state index in [4.69, 9.17) is 4.74 Å². The molecule has 4 nitrogen and oxygen atoms in total. The van der Waals surface area contributed by atoms with Crippen LogP contribution >= 0.6 is 0 Å². The molecular weight excluding hydrogens is 393 g/mol. The molecule has 0 spiro atoms. The number of likely N-dealkylation sites (tertiary alicyclic amines) is 1. The smallest absolute Gasteiger partial charge is 0.263 e. The summed E-state index contributed by atoms with van der Waals surface area (Å²) in [6, 6.07) is 3.06. The van der Waals surface area contributed by atoms with Gasteiger partial charge in [0.05, 0.1) is 12.2 Å². The highest BCUT2D eigenvalue weighted by Gasteiger charge is 2.42. The molecule has 2 atom stereocenters. The van der Waals surface area contributed by atoms with Gasteiger partial charge in [0.25, 0.3) is 5.91 Å². The average Bonchev–Trinajstić information content (AvgIpc) is 3.45. The standard InChI is InChI=1S/C26H34FNO3/c1-16-8-17-10-18(9-16)14-26(2,13-17)15-31-23-12-22(27)21(11-20(23)19-5-6-19)25(30)28-7-3-4-24(28)29/h11-12,16-19H,3-10,13-15H2,1-2H3. The SMILES string of the molecule is CC1CC2CC(C1)CC(C)(COc1cc(F)c(C(=O)N3CCCC3=O)cc1C1CC1)C2. The van der Waals surface area contributed by atoms with E-state index in [2.05, 4.69) is 13.8 Å². The van der Waals surface area contributed by atoms with Gasteiger partial charge in [0.2, 0.25) is 5.91 Å². The number of imide groups is 1. The lowest BCUT2D eigenvalue weighted by Crippen LogP contribution is -2.39. The van der Waals surface area contributed by atoms with Gasteiger partial charge in [-0.1, -0.05) is 13.8 Å². The molecule has 2 bridgehead atoms. The molecule has 4 fully saturated rings. The number of carbonyl (C=O) groups excluding carboxylic acids is 2. The number of rotatable bonds is 5. The van der Waals surface area contributed by atoms with Crippen molar-refractivity contribution in [2.45, 2.75) is 77.6 Å². The minimum atomic E-state index is -0.580. The number of amides is 2. The lowest BCUT2D eigenvalue weighted by Gasteiger charge is -2.47.